The van der Waals surface area contributed by atoms with Crippen molar-refractivity contribution in [3.63, 3.8) is 0 Å². The van der Waals surface area contributed by atoms with Gasteiger partial charge < -0.3 is 0 Å². The Morgan fingerprint density at radius 1 is 1.05 bits per heavy atom. The van der Waals surface area contributed by atoms with Crippen LogP contribution in [-0.2, 0) is 0 Å². The van der Waals surface area contributed by atoms with Gasteiger partial charge in [-0.1, -0.05) is 46.3 Å². The number of nitriles is 1. The van der Waals surface area contributed by atoms with E-state index in [0.29, 0.717) is 0 Å². The Morgan fingerprint density at radius 3 is 2.52 bits per heavy atom. The molecule has 3 aromatic rings. The molecule has 1 unspecified atom stereocenters. The Bertz CT molecular complexity index is 832. The normalized spacial score (nSPS) is 12.0. The lowest BCUT2D eigenvalue weighted by Gasteiger charge is -2.11. The summed E-state index contributed by atoms with van der Waals surface area (Å²) in [4.78, 5) is 4.53. The predicted molar refractivity (Wildman–Crippen MR) is 88.9 cm³/mol. The summed E-state index contributed by atoms with van der Waals surface area (Å²) >= 11 is 3.45. The fourth-order valence-electron chi connectivity index (χ4n) is 2.52. The van der Waals surface area contributed by atoms with Crippen molar-refractivity contribution in [2.24, 2.45) is 0 Å². The highest BCUT2D eigenvalue weighted by Gasteiger charge is 2.11. The third-order valence-electron chi connectivity index (χ3n) is 3.62. The van der Waals surface area contributed by atoms with Crippen LogP contribution in [0.5, 0.6) is 0 Å². The zero-order valence-electron chi connectivity index (χ0n) is 11.5. The fraction of sp³-hybridized carbons (Fsp3) is 0.111. The van der Waals surface area contributed by atoms with Crippen LogP contribution in [0.1, 0.15) is 18.4 Å². The quantitative estimate of drug-likeness (QED) is 0.637. The van der Waals surface area contributed by atoms with E-state index in [1.54, 1.807) is 0 Å². The minimum Gasteiger partial charge on any atom is -0.256 e. The van der Waals surface area contributed by atoms with Crippen molar-refractivity contribution in [2.45, 2.75) is 12.8 Å². The first-order valence-corrected chi connectivity index (χ1v) is 7.53. The van der Waals surface area contributed by atoms with Gasteiger partial charge in [-0.2, -0.15) is 5.26 Å². The van der Waals surface area contributed by atoms with Gasteiger partial charge in [0.15, 0.2) is 0 Å². The van der Waals surface area contributed by atoms with Crippen molar-refractivity contribution in [1.82, 2.24) is 4.98 Å². The first-order valence-electron chi connectivity index (χ1n) is 6.74. The number of rotatable bonds is 2. The largest absolute Gasteiger partial charge is 0.256 e. The molecule has 0 saturated heterocycles. The Labute approximate surface area is 132 Å². The Kier molecular flexibility index (Phi) is 3.72. The molecule has 0 aliphatic rings. The van der Waals surface area contributed by atoms with Crippen LogP contribution in [-0.4, -0.2) is 4.98 Å². The van der Waals surface area contributed by atoms with Gasteiger partial charge >= 0.3 is 0 Å². The maximum Gasteiger partial charge on any atom is 0.0780 e. The number of halogens is 1. The zero-order valence-corrected chi connectivity index (χ0v) is 13.1. The van der Waals surface area contributed by atoms with E-state index < -0.39 is 0 Å². The first kappa shape index (κ1) is 13.8. The smallest absolute Gasteiger partial charge is 0.0780 e. The number of pyridine rings is 1. The minimum atomic E-state index is -0.131. The topological polar surface area (TPSA) is 36.7 Å². The van der Waals surface area contributed by atoms with Crippen molar-refractivity contribution < 1.29 is 0 Å². The van der Waals surface area contributed by atoms with Crippen LogP contribution in [0.2, 0.25) is 0 Å². The molecule has 21 heavy (non-hydrogen) atoms. The fourth-order valence-corrected chi connectivity index (χ4v) is 2.78. The van der Waals surface area contributed by atoms with Crippen LogP contribution in [0, 0.1) is 11.3 Å². The average molecular weight is 337 g/mol. The number of benzene rings is 2. The predicted octanol–water partition coefficient (Wildman–Crippen LogP) is 5.29. The van der Waals surface area contributed by atoms with E-state index in [1.165, 1.54) is 0 Å². The van der Waals surface area contributed by atoms with Crippen molar-refractivity contribution in [2.75, 3.05) is 0 Å². The van der Waals surface area contributed by atoms with Crippen LogP contribution in [0.3, 0.4) is 0 Å². The van der Waals surface area contributed by atoms with E-state index in [0.717, 1.165) is 32.1 Å². The van der Waals surface area contributed by atoms with Gasteiger partial charge in [0.05, 0.1) is 17.7 Å². The van der Waals surface area contributed by atoms with Gasteiger partial charge in [0, 0.05) is 21.6 Å². The molecule has 1 atom stereocenters. The lowest BCUT2D eigenvalue weighted by atomic mass is 9.94. The highest BCUT2D eigenvalue weighted by atomic mass is 79.9. The molecular weight excluding hydrogens is 324 g/mol. The van der Waals surface area contributed by atoms with Gasteiger partial charge in [0.2, 0.25) is 0 Å². The maximum atomic E-state index is 9.19. The molecule has 0 fully saturated rings. The Balaban J connectivity index is 2.26. The van der Waals surface area contributed by atoms with Gasteiger partial charge in [-0.05, 0) is 36.1 Å². The van der Waals surface area contributed by atoms with Crippen molar-refractivity contribution in [3.8, 4) is 17.3 Å². The molecule has 3 rings (SSSR count). The minimum absolute atomic E-state index is 0.131. The number of fused-ring (bicyclic) bond motifs is 1. The molecule has 0 aliphatic carbocycles. The summed E-state index contributed by atoms with van der Waals surface area (Å²) in [5, 5.41) is 11.4. The summed E-state index contributed by atoms with van der Waals surface area (Å²) in [6.07, 6.45) is 1.81. The van der Waals surface area contributed by atoms with E-state index in [2.05, 4.69) is 33.0 Å². The molecule has 0 saturated carbocycles. The van der Waals surface area contributed by atoms with E-state index in [9.17, 15) is 5.26 Å². The number of nitrogens with zero attached hydrogens (tertiary/aromatic N) is 2. The van der Waals surface area contributed by atoms with Crippen molar-refractivity contribution in [1.29, 1.82) is 5.26 Å². The van der Waals surface area contributed by atoms with Crippen molar-refractivity contribution in [3.05, 3.63) is 64.8 Å². The van der Waals surface area contributed by atoms with Gasteiger partial charge in [-0.3, -0.25) is 4.98 Å². The zero-order chi connectivity index (χ0) is 14.8. The van der Waals surface area contributed by atoms with Crippen LogP contribution in [0.15, 0.2) is 59.2 Å². The maximum absolute atomic E-state index is 9.19. The molecule has 102 valence electrons. The van der Waals surface area contributed by atoms with Crippen molar-refractivity contribution >= 4 is 26.7 Å². The van der Waals surface area contributed by atoms with Crippen LogP contribution < -0.4 is 0 Å². The van der Waals surface area contributed by atoms with Gasteiger partial charge in [0.1, 0.15) is 0 Å². The lowest BCUT2D eigenvalue weighted by Crippen LogP contribution is -1.93. The lowest BCUT2D eigenvalue weighted by molar-refractivity contribution is 0.994. The molecule has 0 aliphatic heterocycles. The Hall–Kier alpha value is -2.18. The standard InChI is InChI=1S/C18H13BrN2/c1-12(11-20)15-3-2-4-17-16(15)9-10-21-18(17)13-5-7-14(19)8-6-13/h2-10,12H,1H3. The molecule has 0 bridgehead atoms. The summed E-state index contributed by atoms with van der Waals surface area (Å²) in [6, 6.07) is 18.5. The second kappa shape index (κ2) is 5.67. The number of hydrogen-bond donors (Lipinski definition) is 0. The number of hydrogen-bond acceptors (Lipinski definition) is 2. The van der Waals surface area contributed by atoms with E-state index in [4.69, 9.17) is 0 Å². The molecule has 2 aromatic carbocycles. The summed E-state index contributed by atoms with van der Waals surface area (Å²) in [7, 11) is 0. The first-order chi connectivity index (χ1) is 10.2. The highest BCUT2D eigenvalue weighted by Crippen LogP contribution is 2.31. The van der Waals surface area contributed by atoms with Crippen LogP contribution in [0.4, 0.5) is 0 Å². The molecule has 0 amide bonds. The monoisotopic (exact) mass is 336 g/mol. The SMILES string of the molecule is CC(C#N)c1cccc2c(-c3ccc(Br)cc3)nccc12. The molecule has 3 heteroatoms. The van der Waals surface area contributed by atoms with Crippen LogP contribution in [0.25, 0.3) is 22.0 Å². The highest BCUT2D eigenvalue weighted by molar-refractivity contribution is 9.10. The third-order valence-corrected chi connectivity index (χ3v) is 4.15. The molecule has 2 nitrogen and oxygen atoms in total. The second-order valence-electron chi connectivity index (χ2n) is 4.96. The number of aromatic nitrogens is 1. The van der Waals surface area contributed by atoms with E-state index >= 15 is 0 Å². The van der Waals surface area contributed by atoms with Gasteiger partial charge in [-0.15, -0.1) is 0 Å². The van der Waals surface area contributed by atoms with Gasteiger partial charge in [-0.25, -0.2) is 0 Å². The molecule has 1 heterocycles. The average Bonchev–Trinajstić information content (AvgIpc) is 2.54. The molecule has 0 N–H and O–H groups in total. The van der Waals surface area contributed by atoms with E-state index in [-0.39, 0.29) is 5.92 Å². The molecular formula is C18H13BrN2. The second-order valence-corrected chi connectivity index (χ2v) is 5.88. The van der Waals surface area contributed by atoms with Crippen LogP contribution >= 0.6 is 15.9 Å². The molecule has 0 spiro atoms. The third kappa shape index (κ3) is 2.55. The summed E-state index contributed by atoms with van der Waals surface area (Å²) in [6.45, 7) is 1.93. The van der Waals surface area contributed by atoms with Gasteiger partial charge in [0.25, 0.3) is 0 Å². The summed E-state index contributed by atoms with van der Waals surface area (Å²) in [5.74, 6) is -0.131. The molecule has 1 aromatic heterocycles. The summed E-state index contributed by atoms with van der Waals surface area (Å²) < 4.78 is 1.05. The van der Waals surface area contributed by atoms with E-state index in [1.807, 2.05) is 55.6 Å². The summed E-state index contributed by atoms with van der Waals surface area (Å²) in [5.41, 5.74) is 3.08. The Morgan fingerprint density at radius 2 is 1.81 bits per heavy atom. The molecule has 0 radical (unpaired) electrons.